The van der Waals surface area contributed by atoms with Crippen LogP contribution in [0.3, 0.4) is 0 Å². The molecule has 118 valence electrons. The molecule has 0 spiro atoms. The molecule has 0 aliphatic rings. The number of nitrogens with one attached hydrogen (secondary N) is 1. The average Bonchev–Trinajstić information content (AvgIpc) is 2.55. The van der Waals surface area contributed by atoms with Crippen molar-refractivity contribution < 1.29 is 9.72 Å². The summed E-state index contributed by atoms with van der Waals surface area (Å²) in [4.78, 5) is 22.1. The van der Waals surface area contributed by atoms with Gasteiger partial charge in [-0.05, 0) is 23.1 Å². The molecule has 1 amide bonds. The number of amides is 1. The third kappa shape index (κ3) is 4.47. The molecule has 1 N–H and O–H groups in total. The fourth-order valence-electron chi connectivity index (χ4n) is 1.96. The second kappa shape index (κ2) is 7.31. The van der Waals surface area contributed by atoms with Crippen LogP contribution in [0.1, 0.15) is 41.3 Å². The van der Waals surface area contributed by atoms with Crippen molar-refractivity contribution in [3.63, 3.8) is 0 Å². The number of carbonyl (C=O) groups is 1. The lowest BCUT2D eigenvalue weighted by molar-refractivity contribution is -0.384. The molecule has 2 aromatic carbocycles. The van der Waals surface area contributed by atoms with E-state index in [1.807, 2.05) is 24.3 Å². The molecule has 0 aliphatic carbocycles. The molecule has 0 unspecified atom stereocenters. The Morgan fingerprint density at radius 1 is 1.22 bits per heavy atom. The third-order valence-corrected chi connectivity index (χ3v) is 3.30. The summed E-state index contributed by atoms with van der Waals surface area (Å²) < 4.78 is 0. The fourth-order valence-corrected chi connectivity index (χ4v) is 1.96. The van der Waals surface area contributed by atoms with Gasteiger partial charge >= 0.3 is 0 Å². The Balaban J connectivity index is 2.01. The van der Waals surface area contributed by atoms with Gasteiger partial charge in [0.25, 0.3) is 11.6 Å². The molecule has 0 aromatic heterocycles. The number of hydrogen-bond acceptors (Lipinski definition) is 4. The Hall–Kier alpha value is -3.02. The molecule has 6 heteroatoms. The number of hydrazone groups is 1. The summed E-state index contributed by atoms with van der Waals surface area (Å²) in [6.45, 7) is 4.23. The first-order valence-electron chi connectivity index (χ1n) is 7.15. The lowest BCUT2D eigenvalue weighted by atomic mass is 10.0. The molecule has 2 aromatic rings. The first kappa shape index (κ1) is 16.4. The number of nitrogens with zero attached hydrogens (tertiary/aromatic N) is 2. The minimum Gasteiger partial charge on any atom is -0.267 e. The van der Waals surface area contributed by atoms with Crippen LogP contribution < -0.4 is 5.43 Å². The molecule has 23 heavy (non-hydrogen) atoms. The molecule has 6 nitrogen and oxygen atoms in total. The van der Waals surface area contributed by atoms with E-state index < -0.39 is 10.8 Å². The molecule has 0 fully saturated rings. The zero-order chi connectivity index (χ0) is 16.8. The van der Waals surface area contributed by atoms with Crippen molar-refractivity contribution in [1.29, 1.82) is 0 Å². The quantitative estimate of drug-likeness (QED) is 0.521. The molecular formula is C17H17N3O3. The molecule has 0 bridgehead atoms. The van der Waals surface area contributed by atoms with Crippen molar-refractivity contribution in [3.05, 3.63) is 75.3 Å². The number of nitro groups is 1. The second-order valence-corrected chi connectivity index (χ2v) is 5.33. The molecule has 0 atom stereocenters. The van der Waals surface area contributed by atoms with E-state index >= 15 is 0 Å². The summed E-state index contributed by atoms with van der Waals surface area (Å²) >= 11 is 0. The number of carbonyl (C=O) groups excluding carboxylic acids is 1. The zero-order valence-electron chi connectivity index (χ0n) is 12.9. The predicted molar refractivity (Wildman–Crippen MR) is 88.7 cm³/mol. The zero-order valence-corrected chi connectivity index (χ0v) is 12.9. The van der Waals surface area contributed by atoms with Gasteiger partial charge in [-0.25, -0.2) is 5.43 Å². The highest BCUT2D eigenvalue weighted by Gasteiger charge is 2.10. The van der Waals surface area contributed by atoms with Crippen LogP contribution in [-0.4, -0.2) is 17.0 Å². The van der Waals surface area contributed by atoms with Gasteiger partial charge in [0.2, 0.25) is 0 Å². The van der Waals surface area contributed by atoms with Gasteiger partial charge in [0, 0.05) is 17.7 Å². The maximum atomic E-state index is 11.9. The van der Waals surface area contributed by atoms with Crippen molar-refractivity contribution in [1.82, 2.24) is 5.43 Å². The molecular weight excluding hydrogens is 294 g/mol. The van der Waals surface area contributed by atoms with E-state index in [0.29, 0.717) is 5.92 Å². The van der Waals surface area contributed by atoms with Gasteiger partial charge in [0.1, 0.15) is 0 Å². The number of rotatable bonds is 5. The number of nitro benzene ring substituents is 1. The van der Waals surface area contributed by atoms with E-state index in [2.05, 4.69) is 24.4 Å². The Labute approximate surface area is 134 Å². The largest absolute Gasteiger partial charge is 0.271 e. The van der Waals surface area contributed by atoms with Gasteiger partial charge in [0.05, 0.1) is 11.1 Å². The lowest BCUT2D eigenvalue weighted by Gasteiger charge is -2.04. The highest BCUT2D eigenvalue weighted by atomic mass is 16.6. The smallest absolute Gasteiger partial charge is 0.267 e. The van der Waals surface area contributed by atoms with Crippen LogP contribution in [0, 0.1) is 10.1 Å². The van der Waals surface area contributed by atoms with Crippen LogP contribution in [0.15, 0.2) is 53.6 Å². The summed E-state index contributed by atoms with van der Waals surface area (Å²) in [6.07, 6.45) is 1.53. The monoisotopic (exact) mass is 311 g/mol. The summed E-state index contributed by atoms with van der Waals surface area (Å²) in [5.41, 5.74) is 4.49. The summed E-state index contributed by atoms with van der Waals surface area (Å²) in [5.74, 6) is -0.0432. The van der Waals surface area contributed by atoms with E-state index in [1.165, 1.54) is 36.0 Å². The van der Waals surface area contributed by atoms with Crippen molar-refractivity contribution in [2.75, 3.05) is 0 Å². The van der Waals surface area contributed by atoms with Crippen LogP contribution in [-0.2, 0) is 0 Å². The van der Waals surface area contributed by atoms with Crippen molar-refractivity contribution in [2.24, 2.45) is 5.10 Å². The minimum atomic E-state index is -0.545. The molecule has 0 radical (unpaired) electrons. The molecule has 0 aliphatic heterocycles. The summed E-state index contributed by atoms with van der Waals surface area (Å²) in [5, 5.41) is 14.6. The van der Waals surface area contributed by atoms with Crippen LogP contribution in [0.5, 0.6) is 0 Å². The summed E-state index contributed by atoms with van der Waals surface area (Å²) in [7, 11) is 0. The van der Waals surface area contributed by atoms with Gasteiger partial charge in [0.15, 0.2) is 0 Å². The van der Waals surface area contributed by atoms with Crippen LogP contribution in [0.25, 0.3) is 0 Å². The molecule has 0 heterocycles. The van der Waals surface area contributed by atoms with E-state index in [0.717, 1.165) is 5.56 Å². The number of non-ortho nitro benzene ring substituents is 1. The summed E-state index contributed by atoms with van der Waals surface area (Å²) in [6, 6.07) is 13.3. The van der Waals surface area contributed by atoms with Crippen LogP contribution in [0.2, 0.25) is 0 Å². The van der Waals surface area contributed by atoms with Crippen molar-refractivity contribution in [3.8, 4) is 0 Å². The van der Waals surface area contributed by atoms with Gasteiger partial charge in [-0.15, -0.1) is 0 Å². The number of hydrogen-bond donors (Lipinski definition) is 1. The fraction of sp³-hybridized carbons (Fsp3) is 0.176. The van der Waals surface area contributed by atoms with Gasteiger partial charge < -0.3 is 0 Å². The number of benzene rings is 2. The Bertz CT molecular complexity index is 737. The second-order valence-electron chi connectivity index (χ2n) is 5.33. The van der Waals surface area contributed by atoms with E-state index in [1.54, 1.807) is 0 Å². The Kier molecular flexibility index (Phi) is 5.19. The van der Waals surface area contributed by atoms with Gasteiger partial charge in [-0.1, -0.05) is 44.2 Å². The normalized spacial score (nSPS) is 10.9. The van der Waals surface area contributed by atoms with E-state index in [9.17, 15) is 14.9 Å². The molecule has 0 saturated heterocycles. The third-order valence-electron chi connectivity index (χ3n) is 3.30. The standard InChI is InChI=1S/C17H17N3O3/c1-12(2)14-8-6-13(7-9-14)11-18-19-17(21)15-4-3-5-16(10-15)20(22)23/h3-12H,1-2H3,(H,19,21)/b18-11-. The molecule has 0 saturated carbocycles. The average molecular weight is 311 g/mol. The van der Waals surface area contributed by atoms with E-state index in [-0.39, 0.29) is 11.3 Å². The highest BCUT2D eigenvalue weighted by molar-refractivity contribution is 5.95. The first-order valence-corrected chi connectivity index (χ1v) is 7.15. The maximum absolute atomic E-state index is 11.9. The highest BCUT2D eigenvalue weighted by Crippen LogP contribution is 2.14. The Morgan fingerprint density at radius 3 is 2.52 bits per heavy atom. The SMILES string of the molecule is CC(C)c1ccc(/C=N\NC(=O)c2cccc([N+](=O)[O-])c2)cc1. The van der Waals surface area contributed by atoms with Gasteiger partial charge in [-0.3, -0.25) is 14.9 Å². The minimum absolute atomic E-state index is 0.133. The topological polar surface area (TPSA) is 84.6 Å². The maximum Gasteiger partial charge on any atom is 0.271 e. The first-order chi connectivity index (χ1) is 11.0. The van der Waals surface area contributed by atoms with Gasteiger partial charge in [-0.2, -0.15) is 5.10 Å². The van der Waals surface area contributed by atoms with Crippen molar-refractivity contribution in [2.45, 2.75) is 19.8 Å². The van der Waals surface area contributed by atoms with Crippen LogP contribution in [0.4, 0.5) is 5.69 Å². The molecule has 2 rings (SSSR count). The predicted octanol–water partition coefficient (Wildman–Crippen LogP) is 3.48. The lowest BCUT2D eigenvalue weighted by Crippen LogP contribution is -2.17. The Morgan fingerprint density at radius 2 is 1.91 bits per heavy atom. The van der Waals surface area contributed by atoms with Crippen molar-refractivity contribution >= 4 is 17.8 Å². The van der Waals surface area contributed by atoms with E-state index in [4.69, 9.17) is 0 Å². The van der Waals surface area contributed by atoms with Crippen LogP contribution >= 0.6 is 0 Å².